The SMILES string of the molecule is CC(C)(NC(=O)C1[C@H]2CNC[C@@H]12)C1C=c2cccc[n+]2=C1. The molecule has 1 amide bonds. The minimum atomic E-state index is -0.257. The van der Waals surface area contributed by atoms with E-state index in [9.17, 15) is 4.79 Å². The van der Waals surface area contributed by atoms with Crippen LogP contribution in [0.15, 0.2) is 24.4 Å². The van der Waals surface area contributed by atoms with E-state index in [0.717, 1.165) is 13.1 Å². The highest BCUT2D eigenvalue weighted by molar-refractivity contribution is 5.83. The Labute approximate surface area is 124 Å². The van der Waals surface area contributed by atoms with Gasteiger partial charge in [-0.15, -0.1) is 0 Å². The molecule has 1 aromatic rings. The number of nitrogens with zero attached hydrogens (tertiary/aromatic N) is 1. The van der Waals surface area contributed by atoms with Crippen LogP contribution in [0.3, 0.4) is 0 Å². The second-order valence-electron chi connectivity index (χ2n) is 7.10. The zero-order valence-electron chi connectivity index (χ0n) is 12.5. The van der Waals surface area contributed by atoms with E-state index < -0.39 is 0 Å². The molecule has 1 saturated heterocycles. The molecule has 4 rings (SSSR count). The maximum absolute atomic E-state index is 12.5. The number of carbonyl (C=O) groups excluding carboxylic acids is 1. The van der Waals surface area contributed by atoms with Crippen LogP contribution < -0.4 is 20.2 Å². The fourth-order valence-corrected chi connectivity index (χ4v) is 3.83. The Kier molecular flexibility index (Phi) is 2.73. The number of hydrogen-bond donors (Lipinski definition) is 2. The average molecular weight is 284 g/mol. The zero-order valence-corrected chi connectivity index (χ0v) is 12.5. The summed E-state index contributed by atoms with van der Waals surface area (Å²) >= 11 is 0. The first kappa shape index (κ1) is 13.0. The van der Waals surface area contributed by atoms with Crippen molar-refractivity contribution in [3.63, 3.8) is 0 Å². The summed E-state index contributed by atoms with van der Waals surface area (Å²) in [6.07, 6.45) is 6.47. The normalized spacial score (nSPS) is 32.7. The van der Waals surface area contributed by atoms with Crippen LogP contribution in [0.5, 0.6) is 0 Å². The second-order valence-corrected chi connectivity index (χ2v) is 7.10. The molecule has 0 spiro atoms. The van der Waals surface area contributed by atoms with Gasteiger partial charge in [0, 0.05) is 24.1 Å². The van der Waals surface area contributed by atoms with E-state index in [2.05, 4.69) is 53.3 Å². The highest BCUT2D eigenvalue weighted by Gasteiger charge is 2.57. The molecule has 1 aliphatic carbocycles. The van der Waals surface area contributed by atoms with Crippen molar-refractivity contribution in [1.29, 1.82) is 0 Å². The van der Waals surface area contributed by atoms with Gasteiger partial charge in [-0.2, -0.15) is 4.24 Å². The van der Waals surface area contributed by atoms with Crippen molar-refractivity contribution in [1.82, 2.24) is 10.6 Å². The smallest absolute Gasteiger partial charge is 0.224 e. The van der Waals surface area contributed by atoms with Crippen LogP contribution in [0.1, 0.15) is 13.8 Å². The molecule has 0 bridgehead atoms. The van der Waals surface area contributed by atoms with Crippen LogP contribution >= 0.6 is 0 Å². The van der Waals surface area contributed by atoms with Crippen molar-refractivity contribution in [3.8, 4) is 0 Å². The molecular formula is C17H22N3O+. The van der Waals surface area contributed by atoms with Crippen LogP contribution in [0.2, 0.25) is 0 Å². The third kappa shape index (κ3) is 2.09. The first-order valence-electron chi connectivity index (χ1n) is 7.79. The molecule has 1 aromatic heterocycles. The monoisotopic (exact) mass is 284 g/mol. The van der Waals surface area contributed by atoms with Crippen molar-refractivity contribution >= 4 is 12.0 Å². The molecule has 4 nitrogen and oxygen atoms in total. The van der Waals surface area contributed by atoms with Gasteiger partial charge in [0.1, 0.15) is 0 Å². The summed E-state index contributed by atoms with van der Waals surface area (Å²) < 4.78 is 2.13. The van der Waals surface area contributed by atoms with Gasteiger partial charge in [-0.25, -0.2) is 0 Å². The number of pyridine rings is 1. The quantitative estimate of drug-likeness (QED) is 0.752. The zero-order chi connectivity index (χ0) is 14.6. The van der Waals surface area contributed by atoms with Crippen LogP contribution in [-0.2, 0) is 4.79 Å². The van der Waals surface area contributed by atoms with Crippen LogP contribution in [0, 0.1) is 29.9 Å². The molecule has 2 fully saturated rings. The maximum Gasteiger partial charge on any atom is 0.224 e. The number of nitrogens with one attached hydrogen (secondary N) is 2. The largest absolute Gasteiger partial charge is 0.350 e. The van der Waals surface area contributed by atoms with E-state index >= 15 is 0 Å². The minimum absolute atomic E-state index is 0.223. The summed E-state index contributed by atoms with van der Waals surface area (Å²) in [5, 5.41) is 7.81. The predicted molar refractivity (Wildman–Crippen MR) is 79.5 cm³/mol. The molecule has 1 saturated carbocycles. The minimum Gasteiger partial charge on any atom is -0.350 e. The van der Waals surface area contributed by atoms with E-state index in [1.165, 1.54) is 5.35 Å². The highest BCUT2D eigenvalue weighted by Crippen LogP contribution is 2.48. The van der Waals surface area contributed by atoms with E-state index in [1.54, 1.807) is 0 Å². The fraction of sp³-hybridized carbons (Fsp3) is 0.529. The molecule has 21 heavy (non-hydrogen) atoms. The van der Waals surface area contributed by atoms with Crippen molar-refractivity contribution in [2.45, 2.75) is 19.4 Å². The number of aromatic nitrogens is 1. The molecule has 3 aliphatic rings. The van der Waals surface area contributed by atoms with Gasteiger partial charge in [-0.3, -0.25) is 4.79 Å². The molecule has 4 atom stereocenters. The Morgan fingerprint density at radius 3 is 2.81 bits per heavy atom. The third-order valence-corrected chi connectivity index (χ3v) is 5.27. The van der Waals surface area contributed by atoms with Crippen molar-refractivity contribution in [3.05, 3.63) is 36.0 Å². The van der Waals surface area contributed by atoms with Gasteiger partial charge < -0.3 is 10.6 Å². The molecule has 3 heterocycles. The number of amides is 1. The van der Waals surface area contributed by atoms with Gasteiger partial charge in [0.05, 0.1) is 11.5 Å². The van der Waals surface area contributed by atoms with E-state index in [1.807, 2.05) is 12.1 Å². The summed E-state index contributed by atoms with van der Waals surface area (Å²) in [5.41, 5.74) is -0.257. The molecule has 2 aliphatic heterocycles. The van der Waals surface area contributed by atoms with Crippen LogP contribution in [-0.4, -0.2) is 24.5 Å². The summed E-state index contributed by atoms with van der Waals surface area (Å²) in [7, 11) is 0. The Balaban J connectivity index is 1.50. The first-order chi connectivity index (χ1) is 10.1. The van der Waals surface area contributed by atoms with Crippen LogP contribution in [0.25, 0.3) is 6.08 Å². The van der Waals surface area contributed by atoms with E-state index in [0.29, 0.717) is 11.8 Å². The topological polar surface area (TPSA) is 47.0 Å². The lowest BCUT2D eigenvalue weighted by molar-refractivity contribution is -0.523. The lowest BCUT2D eigenvalue weighted by Crippen LogP contribution is -2.49. The second kappa shape index (κ2) is 4.41. The third-order valence-electron chi connectivity index (χ3n) is 5.27. The number of carbonyl (C=O) groups is 1. The molecule has 2 N–H and O–H groups in total. The Bertz CT molecular complexity index is 664. The lowest BCUT2D eigenvalue weighted by atomic mass is 9.88. The Hall–Kier alpha value is -1.68. The summed E-state index contributed by atoms with van der Waals surface area (Å²) in [6, 6.07) is 6.17. The van der Waals surface area contributed by atoms with Gasteiger partial charge in [0.25, 0.3) is 0 Å². The molecule has 0 aromatic carbocycles. The number of piperidine rings is 1. The van der Waals surface area contributed by atoms with Gasteiger partial charge in [-0.1, -0.05) is 0 Å². The van der Waals surface area contributed by atoms with Gasteiger partial charge in [-0.05, 0) is 44.8 Å². The standard InChI is InChI=1S/C17H21N3O/c1-17(2,11-7-12-5-3-4-6-20(12)10-11)19-16(21)15-13-8-18-9-14(13)15/h3-7,10-11,13-15,18H,8-9H2,1-2H3/p+1/t11?,13-,14+,15?. The molecule has 0 radical (unpaired) electrons. The van der Waals surface area contributed by atoms with Gasteiger partial charge in [0.2, 0.25) is 11.3 Å². The summed E-state index contributed by atoms with van der Waals surface area (Å²) in [6.45, 7) is 6.25. The number of hydrogen-bond acceptors (Lipinski definition) is 2. The van der Waals surface area contributed by atoms with E-state index in [4.69, 9.17) is 0 Å². The van der Waals surface area contributed by atoms with Gasteiger partial charge >= 0.3 is 0 Å². The summed E-state index contributed by atoms with van der Waals surface area (Å²) in [5.74, 6) is 1.84. The van der Waals surface area contributed by atoms with E-state index in [-0.39, 0.29) is 23.3 Å². The first-order valence-corrected chi connectivity index (χ1v) is 7.79. The van der Waals surface area contributed by atoms with Crippen molar-refractivity contribution in [2.24, 2.45) is 23.7 Å². The molecular weight excluding hydrogens is 262 g/mol. The van der Waals surface area contributed by atoms with Crippen molar-refractivity contribution < 1.29 is 9.04 Å². The maximum atomic E-state index is 12.5. The summed E-state index contributed by atoms with van der Waals surface area (Å²) in [4.78, 5) is 12.5. The van der Waals surface area contributed by atoms with Gasteiger partial charge in [0.15, 0.2) is 12.4 Å². The fourth-order valence-electron chi connectivity index (χ4n) is 3.83. The highest BCUT2D eigenvalue weighted by atomic mass is 16.2. The molecule has 110 valence electrons. The average Bonchev–Trinajstić information content (AvgIpc) is 2.82. The number of rotatable bonds is 3. The predicted octanol–water partition coefficient (Wildman–Crippen LogP) is -0.246. The van der Waals surface area contributed by atoms with Crippen LogP contribution in [0.4, 0.5) is 0 Å². The Morgan fingerprint density at radius 2 is 2.10 bits per heavy atom. The Morgan fingerprint density at radius 1 is 1.33 bits per heavy atom. The van der Waals surface area contributed by atoms with Crippen molar-refractivity contribution in [2.75, 3.05) is 13.1 Å². The lowest BCUT2D eigenvalue weighted by Gasteiger charge is -2.29. The molecule has 4 heteroatoms. The number of fused-ring (bicyclic) bond motifs is 2. The molecule has 2 unspecified atom stereocenters.